The van der Waals surface area contributed by atoms with Crippen LogP contribution in [0.2, 0.25) is 0 Å². The Morgan fingerprint density at radius 2 is 2.14 bits per heavy atom. The fourth-order valence-corrected chi connectivity index (χ4v) is 4.69. The SMILES string of the molecule is CC(=O)N1C[C@H]2C[C@@H](C1)[C@H](C(=O)NCc1cscn1)n1c2cccc1=O.O=CO. The fraction of sp³-hybridized carbons (Fsp3) is 0.421. The van der Waals surface area contributed by atoms with E-state index in [4.69, 9.17) is 9.90 Å². The third-order valence-corrected chi connectivity index (χ3v) is 5.92. The lowest BCUT2D eigenvalue weighted by molar-refractivity contribution is -0.135. The van der Waals surface area contributed by atoms with Gasteiger partial charge in [-0.25, -0.2) is 4.98 Å². The summed E-state index contributed by atoms with van der Waals surface area (Å²) in [5.74, 6) is -0.163. The Bertz CT molecular complexity index is 942. The van der Waals surface area contributed by atoms with Crippen molar-refractivity contribution >= 4 is 29.6 Å². The van der Waals surface area contributed by atoms with Gasteiger partial charge in [-0.1, -0.05) is 6.07 Å². The van der Waals surface area contributed by atoms with Gasteiger partial charge in [0.2, 0.25) is 11.8 Å². The zero-order chi connectivity index (χ0) is 21.0. The average Bonchev–Trinajstić information content (AvgIpc) is 3.21. The van der Waals surface area contributed by atoms with Crippen LogP contribution in [0.1, 0.15) is 36.7 Å². The summed E-state index contributed by atoms with van der Waals surface area (Å²) in [6.45, 7) is 2.74. The number of hydrogen-bond acceptors (Lipinski definition) is 6. The van der Waals surface area contributed by atoms with E-state index in [-0.39, 0.29) is 35.7 Å². The first-order chi connectivity index (χ1) is 14.0. The summed E-state index contributed by atoms with van der Waals surface area (Å²) in [4.78, 5) is 51.8. The lowest BCUT2D eigenvalue weighted by Crippen LogP contribution is -2.54. The molecule has 0 saturated carbocycles. The normalized spacial score (nSPS) is 22.0. The topological polar surface area (TPSA) is 122 Å². The summed E-state index contributed by atoms with van der Waals surface area (Å²) in [7, 11) is 0. The number of rotatable bonds is 3. The number of nitrogens with one attached hydrogen (secondary N) is 1. The number of amides is 2. The fourth-order valence-electron chi connectivity index (χ4n) is 4.13. The van der Waals surface area contributed by atoms with E-state index in [0.29, 0.717) is 19.6 Å². The van der Waals surface area contributed by atoms with Crippen LogP contribution in [0.25, 0.3) is 0 Å². The van der Waals surface area contributed by atoms with Crippen LogP contribution in [0.5, 0.6) is 0 Å². The summed E-state index contributed by atoms with van der Waals surface area (Å²) >= 11 is 1.47. The lowest BCUT2D eigenvalue weighted by Gasteiger charge is -2.46. The molecule has 2 N–H and O–H groups in total. The second-order valence-electron chi connectivity index (χ2n) is 7.02. The van der Waals surface area contributed by atoms with Gasteiger partial charge in [-0.05, 0) is 12.5 Å². The molecular weight excluding hydrogens is 396 g/mol. The molecule has 0 aromatic carbocycles. The molecule has 4 heterocycles. The molecule has 3 atom stereocenters. The Morgan fingerprint density at radius 1 is 1.38 bits per heavy atom. The number of aromatic nitrogens is 2. The molecule has 1 saturated heterocycles. The smallest absolute Gasteiger partial charge is 0.290 e. The molecule has 0 radical (unpaired) electrons. The summed E-state index contributed by atoms with van der Waals surface area (Å²) in [6.07, 6.45) is 0.808. The quantitative estimate of drug-likeness (QED) is 0.712. The molecule has 0 spiro atoms. The third-order valence-electron chi connectivity index (χ3n) is 5.29. The van der Waals surface area contributed by atoms with Crippen LogP contribution in [0.15, 0.2) is 33.9 Å². The van der Waals surface area contributed by atoms with E-state index >= 15 is 0 Å². The number of piperidine rings is 1. The van der Waals surface area contributed by atoms with Gasteiger partial charge in [0.05, 0.1) is 17.7 Å². The predicted octanol–water partition coefficient (Wildman–Crippen LogP) is 0.829. The molecule has 2 aromatic rings. The average molecular weight is 418 g/mol. The molecule has 2 aliphatic heterocycles. The van der Waals surface area contributed by atoms with Gasteiger partial charge in [0.25, 0.3) is 12.0 Å². The van der Waals surface area contributed by atoms with Crippen molar-refractivity contribution in [3.8, 4) is 0 Å². The number of carbonyl (C=O) groups excluding carboxylic acids is 2. The standard InChI is InChI=1S/C18H20N4O3S.CH2O2/c1-11(23)21-7-12-5-13(8-21)17(22-15(12)3-2-4-16(22)24)18(25)19-6-14-9-26-10-20-14;2-1-3/h2-4,9-10,12-13,17H,5-8H2,1H3,(H,19,25);1H,(H,2,3)/t12-,13+,17-;/m1./s1. The Hall–Kier alpha value is -3.01. The molecule has 2 aliphatic rings. The molecule has 2 amide bonds. The van der Waals surface area contributed by atoms with Crippen molar-refractivity contribution in [1.82, 2.24) is 19.8 Å². The summed E-state index contributed by atoms with van der Waals surface area (Å²) < 4.78 is 1.63. The van der Waals surface area contributed by atoms with E-state index in [2.05, 4.69) is 10.3 Å². The van der Waals surface area contributed by atoms with Gasteiger partial charge in [0.15, 0.2) is 0 Å². The van der Waals surface area contributed by atoms with Gasteiger partial charge in [-0.15, -0.1) is 11.3 Å². The third kappa shape index (κ3) is 4.37. The van der Waals surface area contributed by atoms with E-state index < -0.39 is 6.04 Å². The van der Waals surface area contributed by atoms with Gasteiger partial charge >= 0.3 is 0 Å². The number of likely N-dealkylation sites (tertiary alicyclic amines) is 1. The monoisotopic (exact) mass is 418 g/mol. The first-order valence-corrected chi connectivity index (χ1v) is 10.1. The number of hydrogen-bond donors (Lipinski definition) is 2. The molecule has 0 aliphatic carbocycles. The molecule has 2 aromatic heterocycles. The molecule has 10 heteroatoms. The van der Waals surface area contributed by atoms with E-state index in [1.54, 1.807) is 28.0 Å². The summed E-state index contributed by atoms with van der Waals surface area (Å²) in [5.41, 5.74) is 3.20. The van der Waals surface area contributed by atoms with Crippen LogP contribution >= 0.6 is 11.3 Å². The van der Waals surface area contributed by atoms with Crippen LogP contribution in [0.3, 0.4) is 0 Å². The highest BCUT2D eigenvalue weighted by atomic mass is 32.1. The van der Waals surface area contributed by atoms with Crippen molar-refractivity contribution in [3.63, 3.8) is 0 Å². The lowest BCUT2D eigenvalue weighted by atomic mass is 9.78. The molecule has 1 fully saturated rings. The number of thiazole rings is 1. The number of carboxylic acid groups (broad SMARTS) is 1. The highest BCUT2D eigenvalue weighted by Gasteiger charge is 2.44. The maximum absolute atomic E-state index is 13.0. The number of carbonyl (C=O) groups is 3. The zero-order valence-corrected chi connectivity index (χ0v) is 16.7. The minimum absolute atomic E-state index is 0.00746. The maximum atomic E-state index is 13.0. The molecule has 9 nitrogen and oxygen atoms in total. The Labute approximate surface area is 171 Å². The van der Waals surface area contributed by atoms with E-state index in [1.807, 2.05) is 11.4 Å². The van der Waals surface area contributed by atoms with Crippen LogP contribution < -0.4 is 10.9 Å². The first-order valence-electron chi connectivity index (χ1n) is 9.15. The van der Waals surface area contributed by atoms with Crippen molar-refractivity contribution in [2.24, 2.45) is 5.92 Å². The van der Waals surface area contributed by atoms with Gasteiger partial charge in [-0.2, -0.15) is 0 Å². The van der Waals surface area contributed by atoms with Crippen LogP contribution in [-0.2, 0) is 20.9 Å². The molecule has 0 unspecified atom stereocenters. The summed E-state index contributed by atoms with van der Waals surface area (Å²) in [5, 5.41) is 11.7. The van der Waals surface area contributed by atoms with Crippen molar-refractivity contribution in [1.29, 1.82) is 0 Å². The van der Waals surface area contributed by atoms with Crippen molar-refractivity contribution in [2.75, 3.05) is 13.1 Å². The van der Waals surface area contributed by atoms with E-state index in [0.717, 1.165) is 17.8 Å². The van der Waals surface area contributed by atoms with Crippen LogP contribution in [0, 0.1) is 5.92 Å². The molecule has 154 valence electrons. The minimum atomic E-state index is -0.601. The van der Waals surface area contributed by atoms with Crippen LogP contribution in [0.4, 0.5) is 0 Å². The Kier molecular flexibility index (Phi) is 6.42. The van der Waals surface area contributed by atoms with Crippen molar-refractivity contribution in [2.45, 2.75) is 31.8 Å². The van der Waals surface area contributed by atoms with Gasteiger partial charge in [-0.3, -0.25) is 23.7 Å². The van der Waals surface area contributed by atoms with Gasteiger partial charge < -0.3 is 15.3 Å². The largest absolute Gasteiger partial charge is 0.483 e. The second-order valence-corrected chi connectivity index (χ2v) is 7.74. The Balaban J connectivity index is 0.000000755. The molecule has 4 rings (SSSR count). The second kappa shape index (κ2) is 8.99. The van der Waals surface area contributed by atoms with Gasteiger partial charge in [0, 0.05) is 49.0 Å². The summed E-state index contributed by atoms with van der Waals surface area (Å²) in [6, 6.07) is 4.52. The van der Waals surface area contributed by atoms with Gasteiger partial charge in [0.1, 0.15) is 6.04 Å². The Morgan fingerprint density at radius 3 is 2.79 bits per heavy atom. The van der Waals surface area contributed by atoms with E-state index in [9.17, 15) is 14.4 Å². The predicted molar refractivity (Wildman–Crippen MR) is 105 cm³/mol. The maximum Gasteiger partial charge on any atom is 0.290 e. The van der Waals surface area contributed by atoms with Crippen molar-refractivity contribution in [3.05, 3.63) is 50.8 Å². The van der Waals surface area contributed by atoms with Crippen molar-refractivity contribution < 1.29 is 19.5 Å². The highest BCUT2D eigenvalue weighted by molar-refractivity contribution is 7.07. The molecular formula is C19H22N4O5S. The minimum Gasteiger partial charge on any atom is -0.483 e. The number of nitrogens with zero attached hydrogens (tertiary/aromatic N) is 3. The number of fused-ring (bicyclic) bond motifs is 4. The molecule has 2 bridgehead atoms. The highest BCUT2D eigenvalue weighted by Crippen LogP contribution is 2.41. The first kappa shape index (κ1) is 20.7. The van der Waals surface area contributed by atoms with Crippen LogP contribution in [-0.4, -0.2) is 50.9 Å². The zero-order valence-electron chi connectivity index (χ0n) is 15.9. The number of pyridine rings is 1. The molecule has 29 heavy (non-hydrogen) atoms. The van der Waals surface area contributed by atoms with E-state index in [1.165, 1.54) is 17.4 Å².